The summed E-state index contributed by atoms with van der Waals surface area (Å²) in [5.74, 6) is -0.859. The first-order valence-corrected chi connectivity index (χ1v) is 8.08. The van der Waals surface area contributed by atoms with Crippen LogP contribution in [0.4, 0.5) is 19.0 Å². The minimum Gasteiger partial charge on any atom is -0.365 e. The van der Waals surface area contributed by atoms with Gasteiger partial charge in [-0.15, -0.1) is 15.3 Å². The highest BCUT2D eigenvalue weighted by atomic mass is 19.4. The molecule has 7 nitrogen and oxygen atoms in total. The van der Waals surface area contributed by atoms with Crippen LogP contribution in [0.5, 0.6) is 0 Å². The largest absolute Gasteiger partial charge is 0.453 e. The molecule has 0 aliphatic heterocycles. The molecule has 0 aliphatic rings. The number of nitrogens with zero attached hydrogens (tertiary/aromatic N) is 6. The summed E-state index contributed by atoms with van der Waals surface area (Å²) < 4.78 is 41.4. The Balaban J connectivity index is 1.55. The molecular formula is C17H14F3N7. The van der Waals surface area contributed by atoms with Gasteiger partial charge in [0.05, 0.1) is 6.54 Å². The van der Waals surface area contributed by atoms with Crippen molar-refractivity contribution in [2.24, 2.45) is 0 Å². The van der Waals surface area contributed by atoms with Crippen molar-refractivity contribution in [2.75, 3.05) is 5.32 Å². The lowest BCUT2D eigenvalue weighted by Crippen LogP contribution is -2.14. The highest BCUT2D eigenvalue weighted by Gasteiger charge is 2.37. The van der Waals surface area contributed by atoms with Crippen molar-refractivity contribution in [2.45, 2.75) is 19.3 Å². The van der Waals surface area contributed by atoms with Gasteiger partial charge in [0.2, 0.25) is 0 Å². The predicted octanol–water partition coefficient (Wildman–Crippen LogP) is 3.00. The van der Waals surface area contributed by atoms with Crippen molar-refractivity contribution < 1.29 is 13.2 Å². The van der Waals surface area contributed by atoms with E-state index in [1.807, 2.05) is 36.5 Å². The van der Waals surface area contributed by atoms with Gasteiger partial charge >= 0.3 is 6.18 Å². The van der Waals surface area contributed by atoms with E-state index < -0.39 is 12.0 Å². The average molecular weight is 373 g/mol. The van der Waals surface area contributed by atoms with Crippen molar-refractivity contribution in [1.29, 1.82) is 0 Å². The second-order valence-electron chi connectivity index (χ2n) is 5.84. The van der Waals surface area contributed by atoms with Crippen LogP contribution < -0.4 is 5.32 Å². The van der Waals surface area contributed by atoms with Gasteiger partial charge in [0.1, 0.15) is 5.82 Å². The van der Waals surface area contributed by atoms with Crippen LogP contribution in [-0.4, -0.2) is 29.6 Å². The third kappa shape index (κ3) is 3.59. The molecule has 0 amide bonds. The number of nitrogens with one attached hydrogen (secondary N) is 1. The smallest absolute Gasteiger partial charge is 0.365 e. The minimum atomic E-state index is -4.62. The number of fused-ring (bicyclic) bond motifs is 1. The molecule has 0 atom stereocenters. The second-order valence-corrected chi connectivity index (χ2v) is 5.84. The number of hydrogen-bond acceptors (Lipinski definition) is 5. The van der Waals surface area contributed by atoms with Gasteiger partial charge in [-0.2, -0.15) is 22.8 Å². The zero-order valence-electron chi connectivity index (χ0n) is 13.9. The van der Waals surface area contributed by atoms with Crippen molar-refractivity contribution in [3.05, 3.63) is 71.8 Å². The first-order chi connectivity index (χ1) is 13.0. The Hall–Kier alpha value is -3.43. The van der Waals surface area contributed by atoms with Crippen molar-refractivity contribution in [3.8, 4) is 0 Å². The molecule has 3 heterocycles. The van der Waals surface area contributed by atoms with Crippen LogP contribution in [-0.2, 0) is 19.3 Å². The minimum absolute atomic E-state index is 0.0342. The van der Waals surface area contributed by atoms with Gasteiger partial charge in [0.15, 0.2) is 5.65 Å². The maximum absolute atomic E-state index is 13.0. The molecular weight excluding hydrogens is 359 g/mol. The summed E-state index contributed by atoms with van der Waals surface area (Å²) in [7, 11) is 0. The maximum atomic E-state index is 13.0. The standard InChI is InChI=1S/C17H14F3N7/c18-17(19,20)16-24-23-15-7-6-14(25-27(15)16)21-10-12-4-1-2-5-13(12)11-26-9-3-8-22-26/h1-9H,10-11H2,(H,21,25). The van der Waals surface area contributed by atoms with E-state index in [4.69, 9.17) is 0 Å². The molecule has 1 aromatic carbocycles. The summed E-state index contributed by atoms with van der Waals surface area (Å²) in [6, 6.07) is 12.6. The molecule has 0 bridgehead atoms. The monoisotopic (exact) mass is 373 g/mol. The van der Waals surface area contributed by atoms with Gasteiger partial charge in [-0.25, -0.2) is 0 Å². The number of hydrogen-bond donors (Lipinski definition) is 1. The van der Waals surface area contributed by atoms with E-state index in [9.17, 15) is 13.2 Å². The van der Waals surface area contributed by atoms with Crippen LogP contribution in [0.25, 0.3) is 5.65 Å². The highest BCUT2D eigenvalue weighted by Crippen LogP contribution is 2.27. The molecule has 0 radical (unpaired) electrons. The number of anilines is 1. The zero-order valence-corrected chi connectivity index (χ0v) is 13.9. The number of aromatic nitrogens is 6. The lowest BCUT2D eigenvalue weighted by Gasteiger charge is -2.11. The molecule has 10 heteroatoms. The van der Waals surface area contributed by atoms with E-state index in [1.165, 1.54) is 6.07 Å². The van der Waals surface area contributed by atoms with E-state index in [1.54, 1.807) is 16.9 Å². The normalized spacial score (nSPS) is 11.8. The zero-order chi connectivity index (χ0) is 18.9. The Morgan fingerprint density at radius 2 is 1.78 bits per heavy atom. The van der Waals surface area contributed by atoms with Gasteiger partial charge in [-0.3, -0.25) is 4.68 Å². The van der Waals surface area contributed by atoms with Crippen LogP contribution in [0.3, 0.4) is 0 Å². The fourth-order valence-electron chi connectivity index (χ4n) is 2.70. The van der Waals surface area contributed by atoms with Crippen LogP contribution in [0.1, 0.15) is 17.0 Å². The molecule has 0 aliphatic carbocycles. The van der Waals surface area contributed by atoms with Gasteiger partial charge < -0.3 is 5.32 Å². The highest BCUT2D eigenvalue weighted by molar-refractivity contribution is 5.45. The molecule has 0 saturated heterocycles. The lowest BCUT2D eigenvalue weighted by molar-refractivity contribution is -0.146. The van der Waals surface area contributed by atoms with Crippen molar-refractivity contribution >= 4 is 11.5 Å². The lowest BCUT2D eigenvalue weighted by atomic mass is 10.1. The Kier molecular flexibility index (Phi) is 4.22. The molecule has 0 fully saturated rings. The van der Waals surface area contributed by atoms with Crippen molar-refractivity contribution in [3.63, 3.8) is 0 Å². The van der Waals surface area contributed by atoms with Gasteiger partial charge in [-0.05, 0) is 29.3 Å². The van der Waals surface area contributed by atoms with Gasteiger partial charge in [0, 0.05) is 18.9 Å². The van der Waals surface area contributed by atoms with Crippen LogP contribution in [0, 0.1) is 0 Å². The second kappa shape index (κ2) is 6.71. The maximum Gasteiger partial charge on any atom is 0.453 e. The molecule has 0 spiro atoms. The van der Waals surface area contributed by atoms with E-state index >= 15 is 0 Å². The Morgan fingerprint density at radius 3 is 2.52 bits per heavy atom. The quantitative estimate of drug-likeness (QED) is 0.582. The molecule has 4 rings (SSSR count). The fraction of sp³-hybridized carbons (Fsp3) is 0.176. The van der Waals surface area contributed by atoms with Gasteiger partial charge in [0.25, 0.3) is 5.82 Å². The summed E-state index contributed by atoms with van der Waals surface area (Å²) in [4.78, 5) is 0. The van der Waals surface area contributed by atoms with E-state index in [2.05, 4.69) is 25.7 Å². The SMILES string of the molecule is FC(F)(F)c1nnc2ccc(NCc3ccccc3Cn3cccn3)nn12. The Morgan fingerprint density at radius 1 is 0.963 bits per heavy atom. The van der Waals surface area contributed by atoms with E-state index in [-0.39, 0.29) is 5.65 Å². The van der Waals surface area contributed by atoms with Crippen LogP contribution in [0.2, 0.25) is 0 Å². The van der Waals surface area contributed by atoms with E-state index in [0.29, 0.717) is 23.4 Å². The third-order valence-corrected chi connectivity index (χ3v) is 3.99. The summed E-state index contributed by atoms with van der Waals surface area (Å²) in [6.45, 7) is 1.00. The number of benzene rings is 1. The summed E-state index contributed by atoms with van der Waals surface area (Å²) in [6.07, 6.45) is -1.05. The topological polar surface area (TPSA) is 72.9 Å². The summed E-state index contributed by atoms with van der Waals surface area (Å²) >= 11 is 0. The summed E-state index contributed by atoms with van der Waals surface area (Å²) in [5, 5.41) is 17.9. The Labute approximate surface area is 151 Å². The molecule has 0 unspecified atom stereocenters. The van der Waals surface area contributed by atoms with Crippen LogP contribution in [0.15, 0.2) is 54.9 Å². The predicted molar refractivity (Wildman–Crippen MR) is 90.9 cm³/mol. The van der Waals surface area contributed by atoms with Crippen LogP contribution >= 0.6 is 0 Å². The first-order valence-electron chi connectivity index (χ1n) is 8.08. The first kappa shape index (κ1) is 17.0. The number of rotatable bonds is 5. The molecule has 3 aromatic heterocycles. The molecule has 27 heavy (non-hydrogen) atoms. The molecule has 138 valence electrons. The summed E-state index contributed by atoms with van der Waals surface area (Å²) in [5.41, 5.74) is 2.08. The van der Waals surface area contributed by atoms with Gasteiger partial charge in [-0.1, -0.05) is 24.3 Å². The number of halogens is 3. The van der Waals surface area contributed by atoms with E-state index in [0.717, 1.165) is 11.1 Å². The molecule has 1 N–H and O–H groups in total. The molecule has 4 aromatic rings. The van der Waals surface area contributed by atoms with Crippen molar-refractivity contribution in [1.82, 2.24) is 29.6 Å². The average Bonchev–Trinajstić information content (AvgIpc) is 3.29. The fourth-order valence-corrected chi connectivity index (χ4v) is 2.70. The molecule has 0 saturated carbocycles. The Bertz CT molecular complexity index is 1050. The third-order valence-electron chi connectivity index (χ3n) is 3.99. The number of alkyl halides is 3.